The van der Waals surface area contributed by atoms with E-state index < -0.39 is 0 Å². The van der Waals surface area contributed by atoms with E-state index in [1.807, 2.05) is 12.1 Å². The molecule has 0 heterocycles. The van der Waals surface area contributed by atoms with Crippen molar-refractivity contribution in [3.8, 4) is 0 Å². The van der Waals surface area contributed by atoms with E-state index in [0.717, 1.165) is 5.56 Å². The first kappa shape index (κ1) is 12.2. The van der Waals surface area contributed by atoms with Crippen LogP contribution in [0.4, 0.5) is 4.39 Å². The molecule has 0 amide bonds. The molecule has 0 spiro atoms. The van der Waals surface area contributed by atoms with Gasteiger partial charge in [-0.25, -0.2) is 0 Å². The van der Waals surface area contributed by atoms with Crippen LogP contribution >= 0.6 is 0 Å². The lowest BCUT2D eigenvalue weighted by atomic mass is 9.86. The van der Waals surface area contributed by atoms with Gasteiger partial charge in [0.1, 0.15) is 0 Å². The van der Waals surface area contributed by atoms with E-state index >= 15 is 0 Å². The maximum Gasteiger partial charge on any atom is 0.0912 e. The second-order valence-corrected chi connectivity index (χ2v) is 4.96. The molecule has 0 saturated heterocycles. The predicted octanol–water partition coefficient (Wildman–Crippen LogP) is 3.34. The molecule has 0 aromatic heterocycles. The third kappa shape index (κ3) is 3.31. The van der Waals surface area contributed by atoms with Crippen molar-refractivity contribution in [2.75, 3.05) is 6.67 Å². The number of nitrogens with two attached hydrogens (primary N) is 1. The topological polar surface area (TPSA) is 26.0 Å². The molecule has 1 rings (SSSR count). The Labute approximate surface area is 91.5 Å². The van der Waals surface area contributed by atoms with Gasteiger partial charge in [0, 0.05) is 6.04 Å². The van der Waals surface area contributed by atoms with Crippen LogP contribution in [0.5, 0.6) is 0 Å². The van der Waals surface area contributed by atoms with Gasteiger partial charge in [0.2, 0.25) is 0 Å². The lowest BCUT2D eigenvalue weighted by Gasteiger charge is -2.20. The largest absolute Gasteiger partial charge is 0.324 e. The zero-order chi connectivity index (χ0) is 11.5. The summed E-state index contributed by atoms with van der Waals surface area (Å²) >= 11 is 0. The molecule has 0 saturated carbocycles. The van der Waals surface area contributed by atoms with Gasteiger partial charge in [-0.2, -0.15) is 0 Å². The molecule has 0 aliphatic heterocycles. The minimum absolute atomic E-state index is 0.155. The van der Waals surface area contributed by atoms with Gasteiger partial charge in [0.25, 0.3) is 0 Å². The maximum atomic E-state index is 12.1. The second-order valence-electron chi connectivity index (χ2n) is 4.96. The van der Waals surface area contributed by atoms with E-state index in [1.54, 1.807) is 0 Å². The predicted molar refractivity (Wildman–Crippen MR) is 62.7 cm³/mol. The zero-order valence-corrected chi connectivity index (χ0v) is 9.76. The third-order valence-corrected chi connectivity index (χ3v) is 2.62. The van der Waals surface area contributed by atoms with E-state index in [1.165, 1.54) is 5.56 Å². The Morgan fingerprint density at radius 1 is 1.20 bits per heavy atom. The highest BCUT2D eigenvalue weighted by molar-refractivity contribution is 5.29. The highest BCUT2D eigenvalue weighted by Gasteiger charge is 2.13. The van der Waals surface area contributed by atoms with Crippen LogP contribution in [0.3, 0.4) is 0 Å². The van der Waals surface area contributed by atoms with Crippen LogP contribution in [-0.2, 0) is 5.41 Å². The Kier molecular flexibility index (Phi) is 3.86. The fourth-order valence-corrected chi connectivity index (χ4v) is 1.51. The molecule has 2 heteroatoms. The average molecular weight is 209 g/mol. The third-order valence-electron chi connectivity index (χ3n) is 2.62. The first-order valence-electron chi connectivity index (χ1n) is 5.37. The van der Waals surface area contributed by atoms with Crippen molar-refractivity contribution in [3.05, 3.63) is 35.4 Å². The number of hydrogen-bond donors (Lipinski definition) is 1. The molecule has 0 bridgehead atoms. The highest BCUT2D eigenvalue weighted by atomic mass is 19.1. The quantitative estimate of drug-likeness (QED) is 0.811. The minimum atomic E-state index is -0.359. The molecule has 1 nitrogen and oxygen atoms in total. The highest BCUT2D eigenvalue weighted by Crippen LogP contribution is 2.24. The number of halogens is 1. The molecule has 2 N–H and O–H groups in total. The van der Waals surface area contributed by atoms with Crippen molar-refractivity contribution in [2.24, 2.45) is 5.73 Å². The summed E-state index contributed by atoms with van der Waals surface area (Å²) in [6.07, 6.45) is 0.398. The fraction of sp³-hybridized carbons (Fsp3) is 0.538. The second kappa shape index (κ2) is 4.75. The number of rotatable bonds is 3. The van der Waals surface area contributed by atoms with Crippen LogP contribution in [0.25, 0.3) is 0 Å². The molecule has 0 unspecified atom stereocenters. The fourth-order valence-electron chi connectivity index (χ4n) is 1.51. The molecule has 1 aromatic carbocycles. The number of alkyl halides is 1. The smallest absolute Gasteiger partial charge is 0.0912 e. The van der Waals surface area contributed by atoms with Gasteiger partial charge >= 0.3 is 0 Å². The monoisotopic (exact) mass is 209 g/mol. The van der Waals surface area contributed by atoms with E-state index in [4.69, 9.17) is 5.73 Å². The van der Waals surface area contributed by atoms with Crippen molar-refractivity contribution >= 4 is 0 Å². The molecular formula is C13H20FN. The van der Waals surface area contributed by atoms with E-state index in [-0.39, 0.29) is 18.1 Å². The summed E-state index contributed by atoms with van der Waals surface area (Å²) in [5, 5.41) is 0. The molecule has 0 radical (unpaired) electrons. The van der Waals surface area contributed by atoms with Crippen molar-refractivity contribution in [3.63, 3.8) is 0 Å². The van der Waals surface area contributed by atoms with E-state index in [9.17, 15) is 4.39 Å². The van der Waals surface area contributed by atoms with Crippen molar-refractivity contribution in [1.29, 1.82) is 0 Å². The van der Waals surface area contributed by atoms with Crippen LogP contribution in [-0.4, -0.2) is 6.67 Å². The summed E-state index contributed by atoms with van der Waals surface area (Å²) in [4.78, 5) is 0. The summed E-state index contributed by atoms with van der Waals surface area (Å²) < 4.78 is 12.1. The van der Waals surface area contributed by atoms with Crippen LogP contribution < -0.4 is 5.73 Å². The van der Waals surface area contributed by atoms with Gasteiger partial charge in [-0.15, -0.1) is 0 Å². The Morgan fingerprint density at radius 3 is 2.13 bits per heavy atom. The molecule has 1 aromatic rings. The van der Waals surface area contributed by atoms with Gasteiger partial charge in [-0.05, 0) is 23.0 Å². The molecule has 1 atom stereocenters. The van der Waals surface area contributed by atoms with Crippen LogP contribution in [0, 0.1) is 0 Å². The summed E-state index contributed by atoms with van der Waals surface area (Å²) in [5.41, 5.74) is 8.27. The molecule has 15 heavy (non-hydrogen) atoms. The maximum absolute atomic E-state index is 12.1. The van der Waals surface area contributed by atoms with Crippen LogP contribution in [0.2, 0.25) is 0 Å². The van der Waals surface area contributed by atoms with Crippen molar-refractivity contribution in [2.45, 2.75) is 38.6 Å². The van der Waals surface area contributed by atoms with E-state index in [2.05, 4.69) is 32.9 Å². The van der Waals surface area contributed by atoms with Gasteiger partial charge in [0.15, 0.2) is 0 Å². The lowest BCUT2D eigenvalue weighted by Crippen LogP contribution is -2.13. The minimum Gasteiger partial charge on any atom is -0.324 e. The molecule has 84 valence electrons. The Hall–Kier alpha value is -0.890. The van der Waals surface area contributed by atoms with E-state index in [0.29, 0.717) is 6.42 Å². The van der Waals surface area contributed by atoms with Gasteiger partial charge in [0.05, 0.1) is 6.67 Å². The summed E-state index contributed by atoms with van der Waals surface area (Å²) in [7, 11) is 0. The van der Waals surface area contributed by atoms with Gasteiger partial charge in [-0.3, -0.25) is 4.39 Å². The zero-order valence-electron chi connectivity index (χ0n) is 9.76. The first-order chi connectivity index (χ1) is 6.95. The van der Waals surface area contributed by atoms with Gasteiger partial charge < -0.3 is 5.73 Å². The van der Waals surface area contributed by atoms with Gasteiger partial charge in [-0.1, -0.05) is 45.0 Å². The number of hydrogen-bond acceptors (Lipinski definition) is 1. The normalized spacial score (nSPS) is 13.9. The summed E-state index contributed by atoms with van der Waals surface area (Å²) in [6.45, 7) is 6.15. The molecule has 0 fully saturated rings. The number of benzene rings is 1. The van der Waals surface area contributed by atoms with Crippen LogP contribution in [0.1, 0.15) is 44.4 Å². The Balaban J connectivity index is 2.81. The molecule has 0 aliphatic carbocycles. The SMILES string of the molecule is CC(C)(C)c1ccc([C@@H](N)CCF)cc1. The Bertz CT molecular complexity index is 297. The van der Waals surface area contributed by atoms with Crippen molar-refractivity contribution < 1.29 is 4.39 Å². The molecule has 0 aliphatic rings. The molecular weight excluding hydrogens is 189 g/mol. The summed E-state index contributed by atoms with van der Waals surface area (Å²) in [5.74, 6) is 0. The first-order valence-corrected chi connectivity index (χ1v) is 5.37. The standard InChI is InChI=1S/C13H20FN/c1-13(2,3)11-6-4-10(5-7-11)12(15)8-9-14/h4-7,12H,8-9,15H2,1-3H3/t12-/m0/s1. The van der Waals surface area contributed by atoms with Crippen LogP contribution in [0.15, 0.2) is 24.3 Å². The average Bonchev–Trinajstić information content (AvgIpc) is 2.17. The van der Waals surface area contributed by atoms with Crippen molar-refractivity contribution in [1.82, 2.24) is 0 Å². The Morgan fingerprint density at radius 2 is 1.73 bits per heavy atom. The lowest BCUT2D eigenvalue weighted by molar-refractivity contribution is 0.441. The summed E-state index contributed by atoms with van der Waals surface area (Å²) in [6, 6.07) is 7.98.